The van der Waals surface area contributed by atoms with Crippen molar-refractivity contribution in [1.82, 2.24) is 9.21 Å². The standard InChI is InChI=1S/C12H17BrFN3O2S/c1-16(2)8-3-4-17(7-8)20(18,19)12-6-11(15)9(13)5-10(12)14/h5-6,8H,3-4,7,15H2,1-2H3. The highest BCUT2D eigenvalue weighted by Crippen LogP contribution is 2.29. The first-order chi connectivity index (χ1) is 9.23. The number of sulfonamides is 1. The van der Waals surface area contributed by atoms with Crippen molar-refractivity contribution in [1.29, 1.82) is 0 Å². The first-order valence-electron chi connectivity index (χ1n) is 6.14. The lowest BCUT2D eigenvalue weighted by Gasteiger charge is -2.20. The van der Waals surface area contributed by atoms with Crippen LogP contribution in [0.1, 0.15) is 6.42 Å². The molecule has 1 atom stereocenters. The number of anilines is 1. The van der Waals surface area contributed by atoms with Crippen LogP contribution in [0, 0.1) is 5.82 Å². The number of likely N-dealkylation sites (N-methyl/N-ethyl adjacent to an activating group) is 1. The van der Waals surface area contributed by atoms with Gasteiger partial charge in [-0.25, -0.2) is 12.8 Å². The molecule has 1 saturated heterocycles. The van der Waals surface area contributed by atoms with Crippen molar-refractivity contribution in [3.8, 4) is 0 Å². The van der Waals surface area contributed by atoms with Gasteiger partial charge in [-0.15, -0.1) is 0 Å². The Hall–Kier alpha value is -0.700. The summed E-state index contributed by atoms with van der Waals surface area (Å²) in [7, 11) is -0.0407. The van der Waals surface area contributed by atoms with Crippen LogP contribution in [-0.4, -0.2) is 50.8 Å². The Balaban J connectivity index is 2.35. The summed E-state index contributed by atoms with van der Waals surface area (Å²) in [5.74, 6) is -0.792. The van der Waals surface area contributed by atoms with E-state index in [-0.39, 0.29) is 16.6 Å². The van der Waals surface area contributed by atoms with E-state index in [1.807, 2.05) is 19.0 Å². The van der Waals surface area contributed by atoms with Crippen molar-refractivity contribution in [3.63, 3.8) is 0 Å². The van der Waals surface area contributed by atoms with Gasteiger partial charge >= 0.3 is 0 Å². The molecule has 5 nitrogen and oxygen atoms in total. The molecule has 1 unspecified atom stereocenters. The third-order valence-electron chi connectivity index (χ3n) is 3.53. The van der Waals surface area contributed by atoms with Gasteiger partial charge in [0, 0.05) is 29.3 Å². The number of nitrogens with zero attached hydrogens (tertiary/aromatic N) is 2. The van der Waals surface area contributed by atoms with Gasteiger partial charge in [-0.2, -0.15) is 4.31 Å². The third kappa shape index (κ3) is 2.83. The molecule has 0 spiro atoms. The van der Waals surface area contributed by atoms with Gasteiger partial charge in [-0.1, -0.05) is 0 Å². The molecule has 1 fully saturated rings. The quantitative estimate of drug-likeness (QED) is 0.824. The molecule has 1 aromatic carbocycles. The fourth-order valence-electron chi connectivity index (χ4n) is 2.23. The molecule has 112 valence electrons. The maximum Gasteiger partial charge on any atom is 0.246 e. The number of nitrogens with two attached hydrogens (primary N) is 1. The topological polar surface area (TPSA) is 66.6 Å². The summed E-state index contributed by atoms with van der Waals surface area (Å²) < 4.78 is 40.6. The molecule has 0 aliphatic carbocycles. The van der Waals surface area contributed by atoms with Crippen LogP contribution in [0.5, 0.6) is 0 Å². The number of nitrogen functional groups attached to an aromatic ring is 1. The fraction of sp³-hybridized carbons (Fsp3) is 0.500. The van der Waals surface area contributed by atoms with E-state index in [9.17, 15) is 12.8 Å². The third-order valence-corrected chi connectivity index (χ3v) is 6.09. The highest BCUT2D eigenvalue weighted by atomic mass is 79.9. The minimum absolute atomic E-state index is 0.153. The van der Waals surface area contributed by atoms with E-state index in [0.717, 1.165) is 18.6 Å². The largest absolute Gasteiger partial charge is 0.398 e. The van der Waals surface area contributed by atoms with Crippen molar-refractivity contribution in [3.05, 3.63) is 22.4 Å². The number of halogens is 2. The maximum atomic E-state index is 13.9. The zero-order chi connectivity index (χ0) is 15.1. The van der Waals surface area contributed by atoms with Crippen LogP contribution in [0.4, 0.5) is 10.1 Å². The molecular formula is C12H17BrFN3O2S. The van der Waals surface area contributed by atoms with Gasteiger partial charge in [0.15, 0.2) is 0 Å². The van der Waals surface area contributed by atoms with Crippen molar-refractivity contribution < 1.29 is 12.8 Å². The van der Waals surface area contributed by atoms with Crippen LogP contribution >= 0.6 is 15.9 Å². The van der Waals surface area contributed by atoms with E-state index >= 15 is 0 Å². The Morgan fingerprint density at radius 3 is 2.65 bits per heavy atom. The van der Waals surface area contributed by atoms with Crippen molar-refractivity contribution in [2.45, 2.75) is 17.4 Å². The monoisotopic (exact) mass is 365 g/mol. The van der Waals surface area contributed by atoms with Crippen LogP contribution in [-0.2, 0) is 10.0 Å². The van der Waals surface area contributed by atoms with E-state index < -0.39 is 15.8 Å². The summed E-state index contributed by atoms with van der Waals surface area (Å²) in [6.45, 7) is 0.755. The van der Waals surface area contributed by atoms with Crippen LogP contribution in [0.3, 0.4) is 0 Å². The number of hydrogen-bond acceptors (Lipinski definition) is 4. The number of benzene rings is 1. The van der Waals surface area contributed by atoms with Gasteiger partial charge in [-0.3, -0.25) is 0 Å². The molecule has 2 rings (SSSR count). The van der Waals surface area contributed by atoms with Crippen LogP contribution in [0.15, 0.2) is 21.5 Å². The van der Waals surface area contributed by atoms with Crippen LogP contribution in [0.25, 0.3) is 0 Å². The highest BCUT2D eigenvalue weighted by molar-refractivity contribution is 9.10. The highest BCUT2D eigenvalue weighted by Gasteiger charge is 2.35. The summed E-state index contributed by atoms with van der Waals surface area (Å²) in [6.07, 6.45) is 0.736. The second kappa shape index (κ2) is 5.59. The zero-order valence-corrected chi connectivity index (χ0v) is 13.7. The Labute approximate surface area is 126 Å². The normalized spacial score (nSPS) is 20.8. The number of hydrogen-bond donors (Lipinski definition) is 1. The van der Waals surface area contributed by atoms with E-state index in [1.165, 1.54) is 4.31 Å². The molecular weight excluding hydrogens is 349 g/mol. The summed E-state index contributed by atoms with van der Waals surface area (Å²) in [5.41, 5.74) is 5.86. The van der Waals surface area contributed by atoms with E-state index in [0.29, 0.717) is 17.6 Å². The molecule has 1 aliphatic rings. The first-order valence-corrected chi connectivity index (χ1v) is 8.38. The predicted octanol–water partition coefficient (Wildman–Crippen LogP) is 1.50. The minimum atomic E-state index is -3.84. The minimum Gasteiger partial charge on any atom is -0.398 e. The maximum absolute atomic E-state index is 13.9. The first kappa shape index (κ1) is 15.7. The van der Waals surface area contributed by atoms with Gasteiger partial charge in [0.1, 0.15) is 10.7 Å². The molecule has 8 heteroatoms. The molecule has 0 saturated carbocycles. The van der Waals surface area contributed by atoms with Gasteiger partial charge in [0.2, 0.25) is 10.0 Å². The molecule has 20 heavy (non-hydrogen) atoms. The lowest BCUT2D eigenvalue weighted by Crippen LogP contribution is -2.34. The van der Waals surface area contributed by atoms with Crippen molar-refractivity contribution >= 4 is 31.6 Å². The zero-order valence-electron chi connectivity index (χ0n) is 11.3. The van der Waals surface area contributed by atoms with E-state index in [1.54, 1.807) is 0 Å². The van der Waals surface area contributed by atoms with Crippen LogP contribution < -0.4 is 5.73 Å². The lowest BCUT2D eigenvalue weighted by atomic mass is 10.2. The van der Waals surface area contributed by atoms with Gasteiger partial charge in [0.25, 0.3) is 0 Å². The lowest BCUT2D eigenvalue weighted by molar-refractivity contribution is 0.302. The Morgan fingerprint density at radius 1 is 1.45 bits per heavy atom. The molecule has 1 heterocycles. The fourth-order valence-corrected chi connectivity index (χ4v) is 4.12. The molecule has 1 aromatic rings. The molecule has 0 bridgehead atoms. The van der Waals surface area contributed by atoms with Gasteiger partial charge in [0.05, 0.1) is 0 Å². The molecule has 2 N–H and O–H groups in total. The summed E-state index contributed by atoms with van der Waals surface area (Å²) >= 11 is 3.08. The SMILES string of the molecule is CN(C)C1CCN(S(=O)(=O)c2cc(N)c(Br)cc2F)C1. The van der Waals surface area contributed by atoms with Crippen molar-refractivity contribution in [2.75, 3.05) is 32.9 Å². The molecule has 0 amide bonds. The van der Waals surface area contributed by atoms with Crippen molar-refractivity contribution in [2.24, 2.45) is 0 Å². The van der Waals surface area contributed by atoms with E-state index in [2.05, 4.69) is 15.9 Å². The Kier molecular flexibility index (Phi) is 4.38. The Morgan fingerprint density at radius 2 is 2.10 bits per heavy atom. The summed E-state index contributed by atoms with van der Waals surface area (Å²) in [6, 6.07) is 2.40. The molecule has 1 aliphatic heterocycles. The average molecular weight is 366 g/mol. The molecule has 0 radical (unpaired) electrons. The second-order valence-corrected chi connectivity index (χ2v) is 7.83. The molecule has 0 aromatic heterocycles. The summed E-state index contributed by atoms with van der Waals surface area (Å²) in [4.78, 5) is 1.61. The van der Waals surface area contributed by atoms with Crippen LogP contribution in [0.2, 0.25) is 0 Å². The second-order valence-electron chi connectivity index (χ2n) is 5.07. The number of rotatable bonds is 3. The van der Waals surface area contributed by atoms with Gasteiger partial charge in [-0.05, 0) is 48.6 Å². The predicted molar refractivity (Wildman–Crippen MR) is 79.4 cm³/mol. The van der Waals surface area contributed by atoms with E-state index in [4.69, 9.17) is 5.73 Å². The average Bonchev–Trinajstić information content (AvgIpc) is 2.83. The summed E-state index contributed by atoms with van der Waals surface area (Å²) in [5, 5.41) is 0. The Bertz CT molecular complexity index is 621. The van der Waals surface area contributed by atoms with Gasteiger partial charge < -0.3 is 10.6 Å². The smallest absolute Gasteiger partial charge is 0.246 e.